The molecule has 0 aromatic heterocycles. The van der Waals surface area contributed by atoms with Crippen molar-refractivity contribution in [3.8, 4) is 0 Å². The molecule has 0 saturated heterocycles. The van der Waals surface area contributed by atoms with Crippen LogP contribution in [0.25, 0.3) is 0 Å². The first-order chi connectivity index (χ1) is 17.0. The number of ether oxygens (including phenoxy) is 1. The van der Waals surface area contributed by atoms with Gasteiger partial charge in [-0.1, -0.05) is 40.2 Å². The summed E-state index contributed by atoms with van der Waals surface area (Å²) in [5.41, 5.74) is 1.14. The number of nitrogens with zero attached hydrogens (tertiary/aromatic N) is 3. The molecule has 198 valence electrons. The van der Waals surface area contributed by atoms with E-state index in [0.29, 0.717) is 31.3 Å². The van der Waals surface area contributed by atoms with Crippen LogP contribution in [0.4, 0.5) is 17.1 Å². The van der Waals surface area contributed by atoms with Crippen LogP contribution in [0.3, 0.4) is 0 Å². The van der Waals surface area contributed by atoms with Gasteiger partial charge in [0.2, 0.25) is 5.78 Å². The Labute approximate surface area is 214 Å². The molecule has 1 aromatic carbocycles. The van der Waals surface area contributed by atoms with Crippen molar-refractivity contribution in [1.82, 2.24) is 0 Å². The predicted octanol–water partition coefficient (Wildman–Crippen LogP) is 5.35. The molecular formula is C26H32N4O7. The summed E-state index contributed by atoms with van der Waals surface area (Å²) in [6.07, 6.45) is 3.14. The van der Waals surface area contributed by atoms with E-state index in [1.54, 1.807) is 0 Å². The third-order valence-corrected chi connectivity index (χ3v) is 7.82. The number of nitro benzene ring substituents is 2. The normalized spacial score (nSPS) is 28.9. The van der Waals surface area contributed by atoms with Crippen molar-refractivity contribution in [2.75, 3.05) is 12.5 Å². The van der Waals surface area contributed by atoms with E-state index < -0.39 is 38.0 Å². The zero-order valence-electron chi connectivity index (χ0n) is 22.0. The van der Waals surface area contributed by atoms with Gasteiger partial charge in [0.15, 0.2) is 0 Å². The van der Waals surface area contributed by atoms with Gasteiger partial charge in [-0.3, -0.25) is 35.2 Å². The Kier molecular flexibility index (Phi) is 6.04. The van der Waals surface area contributed by atoms with Crippen LogP contribution >= 0.6 is 0 Å². The monoisotopic (exact) mass is 512 g/mol. The zero-order chi connectivity index (χ0) is 27.6. The topological polar surface area (TPSA) is 154 Å². The fourth-order valence-corrected chi connectivity index (χ4v) is 7.34. The van der Waals surface area contributed by atoms with Gasteiger partial charge in [-0.25, -0.2) is 0 Å². The smallest absolute Gasteiger partial charge is 0.316 e. The summed E-state index contributed by atoms with van der Waals surface area (Å²) in [6, 6.07) is 3.09. The standard InChI is InChI=1S/C26H32N4O7/c1-23(2)12-25(5)11-15-10-24(3,4)21(20(31)19(15)26(13-23,14-25)22(32)37-6)28-27-16-7-17(29(33)34)9-18(8-16)30(35)36/h7-9,27H,10-14H2,1-6H3/b28-21-. The number of hydrazone groups is 1. The minimum absolute atomic E-state index is 0.00877. The number of allylic oxidation sites excluding steroid dienone is 1. The number of hydrogen-bond acceptors (Lipinski definition) is 9. The van der Waals surface area contributed by atoms with Gasteiger partial charge in [0.05, 0.1) is 34.1 Å². The summed E-state index contributed by atoms with van der Waals surface area (Å²) < 4.78 is 5.28. The van der Waals surface area contributed by atoms with Crippen LogP contribution in [0, 0.1) is 41.9 Å². The lowest BCUT2D eigenvalue weighted by Crippen LogP contribution is -2.56. The molecule has 2 atom stereocenters. The molecule has 11 nitrogen and oxygen atoms in total. The van der Waals surface area contributed by atoms with Gasteiger partial charge in [-0.2, -0.15) is 5.10 Å². The number of Topliss-reactive ketones (excluding diaryl/α,β-unsaturated/α-hetero) is 1. The molecule has 1 saturated carbocycles. The molecule has 2 unspecified atom stereocenters. The Balaban J connectivity index is 1.82. The highest BCUT2D eigenvalue weighted by Crippen LogP contribution is 2.65. The van der Waals surface area contributed by atoms with Crippen LogP contribution in [0.5, 0.6) is 0 Å². The molecule has 1 N–H and O–H groups in total. The average Bonchev–Trinajstić information content (AvgIpc) is 2.75. The highest BCUT2D eigenvalue weighted by atomic mass is 16.6. The van der Waals surface area contributed by atoms with Gasteiger partial charge in [0.1, 0.15) is 5.71 Å². The Hall–Kier alpha value is -3.63. The van der Waals surface area contributed by atoms with E-state index in [4.69, 9.17) is 4.74 Å². The number of carbonyl (C=O) groups excluding carboxylic acids is 2. The molecule has 2 bridgehead atoms. The first kappa shape index (κ1) is 26.4. The number of nitrogens with one attached hydrogen (secondary N) is 1. The quantitative estimate of drug-likeness (QED) is 0.315. The number of anilines is 1. The lowest BCUT2D eigenvalue weighted by molar-refractivity contribution is -0.394. The molecule has 11 heteroatoms. The Morgan fingerprint density at radius 3 is 2.11 bits per heavy atom. The third kappa shape index (κ3) is 4.51. The predicted molar refractivity (Wildman–Crippen MR) is 136 cm³/mol. The molecule has 0 radical (unpaired) electrons. The Morgan fingerprint density at radius 2 is 1.57 bits per heavy atom. The molecule has 37 heavy (non-hydrogen) atoms. The van der Waals surface area contributed by atoms with E-state index in [1.807, 2.05) is 13.8 Å². The maximum atomic E-state index is 14.1. The van der Waals surface area contributed by atoms with E-state index >= 15 is 0 Å². The lowest BCUT2D eigenvalue weighted by Gasteiger charge is -2.57. The number of rotatable bonds is 5. The largest absolute Gasteiger partial charge is 0.468 e. The minimum Gasteiger partial charge on any atom is -0.468 e. The van der Waals surface area contributed by atoms with Crippen LogP contribution < -0.4 is 5.43 Å². The second-order valence-electron chi connectivity index (χ2n) is 12.4. The van der Waals surface area contributed by atoms with Crippen molar-refractivity contribution in [2.24, 2.45) is 26.8 Å². The number of benzene rings is 1. The molecule has 0 heterocycles. The second kappa shape index (κ2) is 8.46. The molecule has 1 aromatic rings. The molecule has 3 aliphatic rings. The number of nitro groups is 2. The van der Waals surface area contributed by atoms with Crippen LogP contribution in [0.2, 0.25) is 0 Å². The summed E-state index contributed by atoms with van der Waals surface area (Å²) in [6.45, 7) is 10.2. The SMILES string of the molecule is COC(=O)C12CC(C)(C)CC(C)(CC3=C1C(=O)/C(=N/Nc1cc([N+](=O)[O-])cc([N+](=O)[O-])c1)C(C)(C)C3)C2. The second-order valence-corrected chi connectivity index (χ2v) is 12.4. The molecule has 4 rings (SSSR count). The van der Waals surface area contributed by atoms with Crippen LogP contribution in [0.1, 0.15) is 66.7 Å². The average molecular weight is 513 g/mol. The maximum Gasteiger partial charge on any atom is 0.316 e. The molecule has 3 aliphatic carbocycles. The van der Waals surface area contributed by atoms with Crippen molar-refractivity contribution in [2.45, 2.75) is 66.7 Å². The number of esters is 1. The van der Waals surface area contributed by atoms with Crippen LogP contribution in [-0.2, 0) is 14.3 Å². The van der Waals surface area contributed by atoms with E-state index in [1.165, 1.54) is 7.11 Å². The van der Waals surface area contributed by atoms with E-state index in [0.717, 1.165) is 30.2 Å². The summed E-state index contributed by atoms with van der Waals surface area (Å²) in [7, 11) is 1.34. The minimum atomic E-state index is -1.09. The number of fused-ring (bicyclic) bond motifs is 3. The van der Waals surface area contributed by atoms with Crippen molar-refractivity contribution in [3.63, 3.8) is 0 Å². The number of non-ortho nitro benzene ring substituents is 2. The summed E-state index contributed by atoms with van der Waals surface area (Å²) in [5, 5.41) is 26.9. The molecule has 1 fully saturated rings. The van der Waals surface area contributed by atoms with E-state index in [-0.39, 0.29) is 28.0 Å². The lowest BCUT2D eigenvalue weighted by atomic mass is 9.45. The van der Waals surface area contributed by atoms with Gasteiger partial charge < -0.3 is 4.74 Å². The van der Waals surface area contributed by atoms with Crippen LogP contribution in [-0.4, -0.2) is 34.4 Å². The van der Waals surface area contributed by atoms with Crippen molar-refractivity contribution < 1.29 is 24.2 Å². The van der Waals surface area contributed by atoms with E-state index in [2.05, 4.69) is 31.3 Å². The number of ketones is 1. The Bertz CT molecular complexity index is 1260. The van der Waals surface area contributed by atoms with Crippen molar-refractivity contribution >= 4 is 34.5 Å². The summed E-state index contributed by atoms with van der Waals surface area (Å²) in [4.78, 5) is 48.6. The number of carbonyl (C=O) groups is 2. The van der Waals surface area contributed by atoms with Gasteiger partial charge in [-0.15, -0.1) is 0 Å². The van der Waals surface area contributed by atoms with Crippen LogP contribution in [0.15, 0.2) is 34.4 Å². The molecule has 0 aliphatic heterocycles. The van der Waals surface area contributed by atoms with Gasteiger partial charge in [-0.05, 0) is 42.9 Å². The first-order valence-electron chi connectivity index (χ1n) is 12.2. The summed E-state index contributed by atoms with van der Waals surface area (Å²) in [5.74, 6) is -0.780. The fourth-order valence-electron chi connectivity index (χ4n) is 7.34. The number of methoxy groups -OCH3 is 1. The van der Waals surface area contributed by atoms with E-state index in [9.17, 15) is 29.8 Å². The van der Waals surface area contributed by atoms with Gasteiger partial charge >= 0.3 is 5.97 Å². The first-order valence-corrected chi connectivity index (χ1v) is 12.2. The van der Waals surface area contributed by atoms with Gasteiger partial charge in [0, 0.05) is 23.1 Å². The highest BCUT2D eigenvalue weighted by molar-refractivity contribution is 6.49. The third-order valence-electron chi connectivity index (χ3n) is 7.82. The zero-order valence-corrected chi connectivity index (χ0v) is 22.0. The summed E-state index contributed by atoms with van der Waals surface area (Å²) >= 11 is 0. The highest BCUT2D eigenvalue weighted by Gasteiger charge is 2.62. The molecule has 0 spiro atoms. The Morgan fingerprint density at radius 1 is 0.973 bits per heavy atom. The van der Waals surface area contributed by atoms with Crippen molar-refractivity contribution in [1.29, 1.82) is 0 Å². The maximum absolute atomic E-state index is 14.1. The fraction of sp³-hybridized carbons (Fsp3) is 0.577. The van der Waals surface area contributed by atoms with Crippen molar-refractivity contribution in [3.05, 3.63) is 49.6 Å². The number of hydrogen-bond donors (Lipinski definition) is 1. The van der Waals surface area contributed by atoms with Gasteiger partial charge in [0.25, 0.3) is 11.4 Å². The molecule has 0 amide bonds. The molecular weight excluding hydrogens is 480 g/mol.